The summed E-state index contributed by atoms with van der Waals surface area (Å²) in [6, 6.07) is 0. The van der Waals surface area contributed by atoms with Crippen LogP contribution in [-0.2, 0) is 0 Å². The molecule has 2 heteroatoms. The predicted molar refractivity (Wildman–Crippen MR) is 143 cm³/mol. The van der Waals surface area contributed by atoms with Crippen LogP contribution in [0.15, 0.2) is 69.9 Å². The van der Waals surface area contributed by atoms with E-state index in [1.807, 2.05) is 6.08 Å². The van der Waals surface area contributed by atoms with Gasteiger partial charge in [0, 0.05) is 0 Å². The van der Waals surface area contributed by atoms with Gasteiger partial charge in [0.05, 0.1) is 0 Å². The fraction of sp³-hybridized carbons (Fsp3) is 0.600. The molecule has 0 unspecified atom stereocenters. The van der Waals surface area contributed by atoms with E-state index in [1.165, 1.54) is 40.7 Å². The smallest absolute Gasteiger partial charge is 0.173 e. The summed E-state index contributed by atoms with van der Waals surface area (Å²) in [7, 11) is 0. The van der Waals surface area contributed by atoms with Crippen LogP contribution in [-0.4, -0.2) is 16.5 Å². The van der Waals surface area contributed by atoms with Crippen LogP contribution >= 0.6 is 0 Å². The second-order valence-corrected chi connectivity index (χ2v) is 9.54. The van der Waals surface area contributed by atoms with Crippen LogP contribution in [0.3, 0.4) is 0 Å². The molecule has 0 saturated heterocycles. The van der Waals surface area contributed by atoms with Crippen molar-refractivity contribution < 1.29 is 10.2 Å². The molecule has 0 fully saturated rings. The number of allylic oxidation sites excluding steroid dienone is 11. The predicted octanol–water partition coefficient (Wildman–Crippen LogP) is 8.90. The molecule has 182 valence electrons. The van der Waals surface area contributed by atoms with Crippen molar-refractivity contribution in [3.8, 4) is 0 Å². The molecule has 0 bridgehead atoms. The third-order valence-corrected chi connectivity index (χ3v) is 5.72. The van der Waals surface area contributed by atoms with Gasteiger partial charge in [-0.05, 0) is 118 Å². The Morgan fingerprint density at radius 1 is 0.469 bits per heavy atom. The van der Waals surface area contributed by atoms with Crippen LogP contribution in [0.1, 0.15) is 113 Å². The zero-order valence-corrected chi connectivity index (χ0v) is 22.0. The molecule has 0 spiro atoms. The summed E-state index contributed by atoms with van der Waals surface area (Å²) in [5.41, 5.74) is 7.88. The van der Waals surface area contributed by atoms with Gasteiger partial charge in [0.15, 0.2) is 6.29 Å². The van der Waals surface area contributed by atoms with Gasteiger partial charge in [-0.2, -0.15) is 0 Å². The van der Waals surface area contributed by atoms with Gasteiger partial charge in [-0.3, -0.25) is 0 Å². The Bertz CT molecular complexity index is 692. The monoisotopic (exact) mass is 442 g/mol. The first-order valence-electron chi connectivity index (χ1n) is 12.4. The highest BCUT2D eigenvalue weighted by molar-refractivity contribution is 5.08. The molecular formula is C30H50O2. The maximum Gasteiger partial charge on any atom is 0.173 e. The fourth-order valence-electron chi connectivity index (χ4n) is 3.38. The summed E-state index contributed by atoms with van der Waals surface area (Å²) in [6.45, 7) is 15.0. The van der Waals surface area contributed by atoms with E-state index < -0.39 is 6.29 Å². The Balaban J connectivity index is 4.10. The van der Waals surface area contributed by atoms with Gasteiger partial charge in [-0.1, -0.05) is 64.3 Å². The topological polar surface area (TPSA) is 40.5 Å². The van der Waals surface area contributed by atoms with Crippen molar-refractivity contribution in [1.82, 2.24) is 0 Å². The average Bonchev–Trinajstić information content (AvgIpc) is 2.70. The molecule has 0 rings (SSSR count). The summed E-state index contributed by atoms with van der Waals surface area (Å²) < 4.78 is 0. The third-order valence-electron chi connectivity index (χ3n) is 5.72. The van der Waals surface area contributed by atoms with Crippen LogP contribution in [0.25, 0.3) is 0 Å². The highest BCUT2D eigenvalue weighted by Gasteiger charge is 1.99. The lowest BCUT2D eigenvalue weighted by Gasteiger charge is -2.04. The molecule has 0 aromatic carbocycles. The molecule has 0 radical (unpaired) electrons. The van der Waals surface area contributed by atoms with Crippen molar-refractivity contribution in [3.63, 3.8) is 0 Å². The third kappa shape index (κ3) is 19.1. The van der Waals surface area contributed by atoms with Crippen LogP contribution in [0.2, 0.25) is 0 Å². The largest absolute Gasteiger partial charge is 0.365 e. The molecule has 0 aromatic rings. The average molecular weight is 443 g/mol. The summed E-state index contributed by atoms with van der Waals surface area (Å²) >= 11 is 0. The maximum absolute atomic E-state index is 9.06. The standard InChI is InChI=1S/C30H50O2/c1-24(2)14-10-17-27(5)20-11-18-25(3)15-8-9-16-26(4)19-12-21-28(6)22-13-23-29(7)30(31)32/h14-16,20-21,23,30-32H,8-13,17-19,22H2,1-7H3. The minimum atomic E-state index is -1.32. The molecule has 0 amide bonds. The number of hydrogen-bond donors (Lipinski definition) is 2. The SMILES string of the molecule is CC(C)=CCCC(C)=CCCC(C)=CCCC=C(C)CCC=C(C)CCC=C(C)C(O)O. The molecule has 2 N–H and O–H groups in total. The van der Waals surface area contributed by atoms with Crippen molar-refractivity contribution in [1.29, 1.82) is 0 Å². The van der Waals surface area contributed by atoms with E-state index in [2.05, 4.69) is 71.9 Å². The summed E-state index contributed by atoms with van der Waals surface area (Å²) in [5.74, 6) is 0. The molecule has 0 aromatic heterocycles. The lowest BCUT2D eigenvalue weighted by molar-refractivity contribution is -0.00788. The van der Waals surface area contributed by atoms with Gasteiger partial charge < -0.3 is 10.2 Å². The number of aliphatic hydroxyl groups is 2. The second kappa shape index (κ2) is 18.9. The normalized spacial score (nSPS) is 14.4. The molecule has 0 saturated carbocycles. The first kappa shape index (κ1) is 30.4. The zero-order valence-electron chi connectivity index (χ0n) is 22.0. The van der Waals surface area contributed by atoms with Crippen LogP contribution in [0.5, 0.6) is 0 Å². The number of aliphatic hydroxyl groups excluding tert-OH is 1. The van der Waals surface area contributed by atoms with Gasteiger partial charge in [0.1, 0.15) is 0 Å². The Morgan fingerprint density at radius 3 is 1.12 bits per heavy atom. The first-order chi connectivity index (χ1) is 15.1. The van der Waals surface area contributed by atoms with Gasteiger partial charge in [-0.25, -0.2) is 0 Å². The van der Waals surface area contributed by atoms with Crippen LogP contribution in [0.4, 0.5) is 0 Å². The highest BCUT2D eigenvalue weighted by Crippen LogP contribution is 2.15. The van der Waals surface area contributed by atoms with Crippen LogP contribution in [0, 0.1) is 0 Å². The van der Waals surface area contributed by atoms with E-state index in [0.29, 0.717) is 5.57 Å². The van der Waals surface area contributed by atoms with Crippen molar-refractivity contribution in [2.75, 3.05) is 0 Å². The lowest BCUT2D eigenvalue weighted by Crippen LogP contribution is -2.05. The van der Waals surface area contributed by atoms with Gasteiger partial charge in [-0.15, -0.1) is 0 Å². The Hall–Kier alpha value is -1.64. The van der Waals surface area contributed by atoms with E-state index in [0.717, 1.165) is 51.4 Å². The maximum atomic E-state index is 9.06. The first-order valence-corrected chi connectivity index (χ1v) is 12.4. The highest BCUT2D eigenvalue weighted by atomic mass is 16.5. The quantitative estimate of drug-likeness (QED) is 0.142. The molecule has 0 aliphatic carbocycles. The number of hydrogen-bond acceptors (Lipinski definition) is 2. The summed E-state index contributed by atoms with van der Waals surface area (Å²) in [4.78, 5) is 0. The van der Waals surface area contributed by atoms with Gasteiger partial charge >= 0.3 is 0 Å². The van der Waals surface area contributed by atoms with E-state index in [-0.39, 0.29) is 0 Å². The number of unbranched alkanes of at least 4 members (excludes halogenated alkanes) is 1. The van der Waals surface area contributed by atoms with Crippen molar-refractivity contribution in [2.24, 2.45) is 0 Å². The van der Waals surface area contributed by atoms with E-state index in [1.54, 1.807) is 6.92 Å². The Morgan fingerprint density at radius 2 is 0.781 bits per heavy atom. The van der Waals surface area contributed by atoms with Crippen molar-refractivity contribution in [3.05, 3.63) is 69.9 Å². The van der Waals surface area contributed by atoms with Crippen molar-refractivity contribution >= 4 is 0 Å². The minimum absolute atomic E-state index is 0.627. The molecule has 0 aliphatic heterocycles. The molecule has 32 heavy (non-hydrogen) atoms. The second-order valence-electron chi connectivity index (χ2n) is 9.54. The van der Waals surface area contributed by atoms with Gasteiger partial charge in [0.2, 0.25) is 0 Å². The van der Waals surface area contributed by atoms with Crippen LogP contribution < -0.4 is 0 Å². The lowest BCUT2D eigenvalue weighted by atomic mass is 10.0. The summed E-state index contributed by atoms with van der Waals surface area (Å²) in [6.07, 6.45) is 23.3. The summed E-state index contributed by atoms with van der Waals surface area (Å²) in [5, 5.41) is 18.1. The molecule has 0 heterocycles. The number of rotatable bonds is 16. The Labute approximate surface area is 199 Å². The minimum Gasteiger partial charge on any atom is -0.365 e. The zero-order chi connectivity index (χ0) is 24.4. The van der Waals surface area contributed by atoms with E-state index in [4.69, 9.17) is 10.2 Å². The fourth-order valence-corrected chi connectivity index (χ4v) is 3.38. The van der Waals surface area contributed by atoms with E-state index in [9.17, 15) is 0 Å². The molecule has 0 aliphatic rings. The molecule has 0 atom stereocenters. The van der Waals surface area contributed by atoms with E-state index >= 15 is 0 Å². The molecular weight excluding hydrogens is 392 g/mol. The molecule has 2 nitrogen and oxygen atoms in total. The Kier molecular flexibility index (Phi) is 17.9. The van der Waals surface area contributed by atoms with Gasteiger partial charge in [0.25, 0.3) is 0 Å². The van der Waals surface area contributed by atoms with Crippen molar-refractivity contribution in [2.45, 2.75) is 119 Å².